The number of nitrogens with one attached hydrogen (secondary N) is 1. The molecule has 2 N–H and O–H groups in total. The number of benzene rings is 1. The van der Waals surface area contributed by atoms with E-state index in [9.17, 15) is 9.90 Å². The average Bonchev–Trinajstić information content (AvgIpc) is 3.64. The standard InChI is InChI=1S/C37H36FN5O4/c1-19-24-8-7-13-46-32(24)27(38)16-25(19)31-26-17-29(21-9-11-39-28(15-21)23-14-22-10-12-40-34(22)41-18-23)43(6)35(26)42-20(2)30(31)33(36(44)45)47-37(3,4)5/h9-12,14-18,33H,7-8,13H2,1-6H3,(H,40,41)(H,44,45)/t33-/m0/s1. The van der Waals surface area contributed by atoms with Crippen LogP contribution in [0.5, 0.6) is 5.75 Å². The number of rotatable bonds is 6. The molecular formula is C37H36FN5O4. The van der Waals surface area contributed by atoms with Crippen molar-refractivity contribution in [1.82, 2.24) is 24.5 Å². The van der Waals surface area contributed by atoms with Crippen LogP contribution >= 0.6 is 0 Å². The van der Waals surface area contributed by atoms with E-state index in [2.05, 4.69) is 15.0 Å². The number of hydrogen-bond acceptors (Lipinski definition) is 6. The summed E-state index contributed by atoms with van der Waals surface area (Å²) < 4.78 is 29.7. The molecule has 7 rings (SSSR count). The maximum atomic E-state index is 15.8. The van der Waals surface area contributed by atoms with Crippen molar-refractivity contribution in [3.63, 3.8) is 0 Å². The summed E-state index contributed by atoms with van der Waals surface area (Å²) in [6.07, 6.45) is 5.50. The van der Waals surface area contributed by atoms with Gasteiger partial charge in [-0.2, -0.15) is 0 Å². The van der Waals surface area contributed by atoms with Crippen molar-refractivity contribution in [2.45, 2.75) is 59.2 Å². The van der Waals surface area contributed by atoms with E-state index in [-0.39, 0.29) is 5.75 Å². The topological polar surface area (TPSA) is 115 Å². The minimum atomic E-state index is -1.34. The molecule has 1 aliphatic rings. The van der Waals surface area contributed by atoms with Crippen LogP contribution in [0.1, 0.15) is 55.7 Å². The van der Waals surface area contributed by atoms with E-state index >= 15 is 4.39 Å². The van der Waals surface area contributed by atoms with Gasteiger partial charge in [-0.15, -0.1) is 0 Å². The summed E-state index contributed by atoms with van der Waals surface area (Å²) in [6, 6.07) is 11.4. The first-order chi connectivity index (χ1) is 22.4. The Kier molecular flexibility index (Phi) is 7.35. The number of aromatic amines is 1. The van der Waals surface area contributed by atoms with Crippen LogP contribution in [-0.2, 0) is 23.0 Å². The summed E-state index contributed by atoms with van der Waals surface area (Å²) >= 11 is 0. The number of carboxylic acids is 1. The van der Waals surface area contributed by atoms with Gasteiger partial charge < -0.3 is 24.1 Å². The van der Waals surface area contributed by atoms with Gasteiger partial charge in [0.1, 0.15) is 11.3 Å². The number of H-pyrrole nitrogens is 1. The third-order valence-corrected chi connectivity index (χ3v) is 8.82. The third-order valence-electron chi connectivity index (χ3n) is 8.82. The summed E-state index contributed by atoms with van der Waals surface area (Å²) in [5, 5.41) is 12.2. The molecule has 1 aromatic carbocycles. The lowest BCUT2D eigenvalue weighted by atomic mass is 9.86. The highest BCUT2D eigenvalue weighted by Crippen LogP contribution is 2.45. The second kappa shape index (κ2) is 11.3. The van der Waals surface area contributed by atoms with E-state index in [0.717, 1.165) is 51.1 Å². The molecule has 0 bridgehead atoms. The van der Waals surface area contributed by atoms with Crippen LogP contribution in [0.3, 0.4) is 0 Å². The summed E-state index contributed by atoms with van der Waals surface area (Å²) in [5.41, 5.74) is 7.74. The van der Waals surface area contributed by atoms with Gasteiger partial charge in [-0.25, -0.2) is 19.2 Å². The minimum absolute atomic E-state index is 0.271. The number of carboxylic acid groups (broad SMARTS) is 1. The molecule has 0 unspecified atom stereocenters. The van der Waals surface area contributed by atoms with Gasteiger partial charge >= 0.3 is 5.97 Å². The molecule has 1 aliphatic heterocycles. The molecule has 0 fully saturated rings. The normalized spacial score (nSPS) is 13.9. The number of hydrogen-bond donors (Lipinski definition) is 2. The van der Waals surface area contributed by atoms with Gasteiger partial charge in [0.15, 0.2) is 17.7 Å². The third kappa shape index (κ3) is 5.32. The predicted octanol–water partition coefficient (Wildman–Crippen LogP) is 7.87. The molecule has 0 amide bonds. The van der Waals surface area contributed by atoms with Crippen molar-refractivity contribution in [1.29, 1.82) is 0 Å². The summed E-state index contributed by atoms with van der Waals surface area (Å²) in [7, 11) is 1.93. The second-order valence-corrected chi connectivity index (χ2v) is 13.1. The first kappa shape index (κ1) is 30.6. The molecule has 6 heterocycles. The van der Waals surface area contributed by atoms with E-state index < -0.39 is 23.5 Å². The minimum Gasteiger partial charge on any atom is -0.490 e. The Morgan fingerprint density at radius 1 is 1.13 bits per heavy atom. The van der Waals surface area contributed by atoms with Gasteiger partial charge in [-0.05, 0) is 95.0 Å². The summed E-state index contributed by atoms with van der Waals surface area (Å²) in [6.45, 7) is 9.64. The van der Waals surface area contributed by atoms with Crippen molar-refractivity contribution >= 4 is 28.0 Å². The van der Waals surface area contributed by atoms with E-state index in [1.165, 1.54) is 6.07 Å². The number of aliphatic carboxylic acids is 1. The number of nitrogens with zero attached hydrogens (tertiary/aromatic N) is 4. The first-order valence-electron chi connectivity index (χ1n) is 15.7. The first-order valence-corrected chi connectivity index (χ1v) is 15.7. The van der Waals surface area contributed by atoms with Gasteiger partial charge in [-0.1, -0.05) is 0 Å². The monoisotopic (exact) mass is 633 g/mol. The van der Waals surface area contributed by atoms with Crippen molar-refractivity contribution in [3.05, 3.63) is 83.2 Å². The molecule has 10 heteroatoms. The van der Waals surface area contributed by atoms with Crippen molar-refractivity contribution in [3.8, 4) is 39.4 Å². The Balaban J connectivity index is 1.49. The highest BCUT2D eigenvalue weighted by molar-refractivity contribution is 6.01. The molecular weight excluding hydrogens is 597 g/mol. The molecule has 1 atom stereocenters. The lowest BCUT2D eigenvalue weighted by Gasteiger charge is -2.29. The molecule has 0 spiro atoms. The molecule has 240 valence electrons. The predicted molar refractivity (Wildman–Crippen MR) is 179 cm³/mol. The van der Waals surface area contributed by atoms with Crippen LogP contribution in [0.2, 0.25) is 0 Å². The zero-order valence-corrected chi connectivity index (χ0v) is 27.2. The Labute approximate surface area is 271 Å². The zero-order valence-electron chi connectivity index (χ0n) is 27.2. The number of ether oxygens (including phenoxy) is 2. The number of pyridine rings is 3. The Morgan fingerprint density at radius 3 is 2.70 bits per heavy atom. The lowest BCUT2D eigenvalue weighted by Crippen LogP contribution is -2.28. The number of fused-ring (bicyclic) bond motifs is 3. The average molecular weight is 634 g/mol. The van der Waals surface area contributed by atoms with Crippen LogP contribution in [0.4, 0.5) is 4.39 Å². The molecule has 0 saturated heterocycles. The number of carbonyl (C=O) groups is 1. The van der Waals surface area contributed by atoms with Crippen LogP contribution in [0.15, 0.2) is 55.0 Å². The van der Waals surface area contributed by atoms with Crippen LogP contribution < -0.4 is 4.74 Å². The fraction of sp³-hybridized carbons (Fsp3) is 0.297. The maximum absolute atomic E-state index is 15.8. The van der Waals surface area contributed by atoms with Gasteiger partial charge in [0, 0.05) is 69.9 Å². The highest BCUT2D eigenvalue weighted by atomic mass is 19.1. The summed E-state index contributed by atoms with van der Waals surface area (Å²) in [5.74, 6) is -1.35. The number of halogens is 1. The fourth-order valence-electron chi connectivity index (χ4n) is 6.68. The molecule has 9 nitrogen and oxygen atoms in total. The van der Waals surface area contributed by atoms with Gasteiger partial charge in [0.2, 0.25) is 0 Å². The van der Waals surface area contributed by atoms with Gasteiger partial charge in [0.25, 0.3) is 0 Å². The Hall–Kier alpha value is -5.09. The molecule has 5 aromatic heterocycles. The maximum Gasteiger partial charge on any atom is 0.337 e. The van der Waals surface area contributed by atoms with E-state index in [1.807, 2.05) is 75.8 Å². The largest absolute Gasteiger partial charge is 0.490 e. The lowest BCUT2D eigenvalue weighted by molar-refractivity contribution is -0.160. The van der Waals surface area contributed by atoms with Crippen LogP contribution in [0, 0.1) is 19.7 Å². The second-order valence-electron chi connectivity index (χ2n) is 13.1. The van der Waals surface area contributed by atoms with Crippen molar-refractivity contribution in [2.24, 2.45) is 7.05 Å². The molecule has 6 aromatic rings. The fourth-order valence-corrected chi connectivity index (χ4v) is 6.68. The summed E-state index contributed by atoms with van der Waals surface area (Å²) in [4.78, 5) is 30.1. The number of aromatic nitrogens is 5. The Morgan fingerprint density at radius 2 is 1.94 bits per heavy atom. The molecule has 0 aliphatic carbocycles. The van der Waals surface area contributed by atoms with Gasteiger partial charge in [-0.3, -0.25) is 4.98 Å². The smallest absolute Gasteiger partial charge is 0.337 e. The highest BCUT2D eigenvalue weighted by Gasteiger charge is 2.34. The van der Waals surface area contributed by atoms with E-state index in [0.29, 0.717) is 46.4 Å². The zero-order chi connectivity index (χ0) is 33.2. The van der Waals surface area contributed by atoms with E-state index in [1.54, 1.807) is 19.3 Å². The van der Waals surface area contributed by atoms with Crippen molar-refractivity contribution < 1.29 is 23.8 Å². The number of aryl methyl sites for hydroxylation is 2. The van der Waals surface area contributed by atoms with Crippen LogP contribution in [0.25, 0.3) is 55.7 Å². The Bertz CT molecular complexity index is 2210. The molecule has 0 saturated carbocycles. The molecule has 0 radical (unpaired) electrons. The quantitative estimate of drug-likeness (QED) is 0.192. The molecule has 47 heavy (non-hydrogen) atoms. The SMILES string of the molecule is Cc1nc2c(cc(-c3ccnc(-c4cnc5[nH]ccc5c4)c3)n2C)c(-c2cc(F)c3c(c2C)CCCO3)c1[C@H](OC(C)(C)C)C(=O)O. The van der Waals surface area contributed by atoms with E-state index in [4.69, 9.17) is 14.5 Å². The van der Waals surface area contributed by atoms with Crippen molar-refractivity contribution in [2.75, 3.05) is 6.61 Å². The van der Waals surface area contributed by atoms with Crippen LogP contribution in [-0.4, -0.2) is 47.8 Å². The van der Waals surface area contributed by atoms with Gasteiger partial charge in [0.05, 0.1) is 23.6 Å².